The van der Waals surface area contributed by atoms with E-state index < -0.39 is 30.2 Å². The van der Waals surface area contributed by atoms with Crippen molar-refractivity contribution in [3.05, 3.63) is 0 Å². The van der Waals surface area contributed by atoms with Crippen LogP contribution >= 0.6 is 0 Å². The Bertz CT molecular complexity index is 522. The number of carbonyl (C=O) groups excluding carboxylic acids is 2. The number of likely N-dealkylation sites (N-methyl/N-ethyl adjacent to an activating group) is 1. The molecule has 9 heteroatoms. The maximum Gasteiger partial charge on any atom is 0.325 e. The number of aliphatic hydroxyl groups is 1. The Kier molecular flexibility index (Phi) is 5.66. The van der Waals surface area contributed by atoms with Gasteiger partial charge in [0, 0.05) is 19.6 Å². The molecule has 136 valence electrons. The summed E-state index contributed by atoms with van der Waals surface area (Å²) < 4.78 is 5.43. The molecule has 3 amide bonds. The van der Waals surface area contributed by atoms with Crippen LogP contribution in [-0.2, 0) is 9.53 Å². The smallest absolute Gasteiger partial charge is 0.325 e. The van der Waals surface area contributed by atoms with Gasteiger partial charge in [-0.2, -0.15) is 0 Å². The van der Waals surface area contributed by atoms with Gasteiger partial charge in [-0.25, -0.2) is 9.79 Å². The Balaban J connectivity index is 2.17. The quantitative estimate of drug-likeness (QED) is 0.591. The van der Waals surface area contributed by atoms with Gasteiger partial charge < -0.3 is 25.0 Å². The first kappa shape index (κ1) is 18.5. The summed E-state index contributed by atoms with van der Waals surface area (Å²) in [5.74, 6) is 0.0877. The number of imide groups is 1. The maximum absolute atomic E-state index is 12.3. The molecule has 2 rings (SSSR count). The number of fused-ring (bicyclic) bond motifs is 1. The lowest BCUT2D eigenvalue weighted by Gasteiger charge is -2.37. The summed E-state index contributed by atoms with van der Waals surface area (Å²) in [6.45, 7) is 8.03. The predicted octanol–water partition coefficient (Wildman–Crippen LogP) is -0.682. The van der Waals surface area contributed by atoms with Gasteiger partial charge in [0.2, 0.25) is 0 Å². The highest BCUT2D eigenvalue weighted by Crippen LogP contribution is 2.23. The zero-order valence-electron chi connectivity index (χ0n) is 14.8. The second-order valence-corrected chi connectivity index (χ2v) is 6.70. The Morgan fingerprint density at radius 2 is 2.00 bits per heavy atom. The van der Waals surface area contributed by atoms with Gasteiger partial charge in [-0.3, -0.25) is 10.1 Å². The molecule has 0 spiro atoms. The lowest BCUT2D eigenvalue weighted by atomic mass is 10.1. The van der Waals surface area contributed by atoms with Crippen molar-refractivity contribution in [3.63, 3.8) is 0 Å². The van der Waals surface area contributed by atoms with Crippen LogP contribution in [0, 0.1) is 0 Å². The number of aliphatic hydroxyl groups excluding tert-OH is 1. The summed E-state index contributed by atoms with van der Waals surface area (Å²) in [5, 5.41) is 15.7. The number of rotatable bonds is 6. The highest BCUT2D eigenvalue weighted by Gasteiger charge is 2.49. The topological polar surface area (TPSA) is 106 Å². The Hall–Kier alpha value is -1.87. The van der Waals surface area contributed by atoms with Gasteiger partial charge >= 0.3 is 6.03 Å². The van der Waals surface area contributed by atoms with Crippen LogP contribution in [0.25, 0.3) is 0 Å². The van der Waals surface area contributed by atoms with Crippen LogP contribution in [0.3, 0.4) is 0 Å². The van der Waals surface area contributed by atoms with Crippen LogP contribution < -0.4 is 10.6 Å². The molecule has 3 unspecified atom stereocenters. The first-order chi connectivity index (χ1) is 11.2. The molecule has 3 N–H and O–H groups in total. The SMILES string of the molecule is CC(C)NC1=NC2C(C(=O)NC(=O)N2C)N1CC(O)COC(C)C. The van der Waals surface area contributed by atoms with Gasteiger partial charge in [-0.15, -0.1) is 0 Å². The third-order valence-corrected chi connectivity index (χ3v) is 3.81. The zero-order chi connectivity index (χ0) is 18.0. The molecular weight excluding hydrogens is 314 g/mol. The minimum absolute atomic E-state index is 0.00892. The van der Waals surface area contributed by atoms with Crippen molar-refractivity contribution in [2.75, 3.05) is 20.2 Å². The number of amides is 3. The summed E-state index contributed by atoms with van der Waals surface area (Å²) in [5.41, 5.74) is 0. The Labute approximate surface area is 142 Å². The number of guanidine groups is 1. The van der Waals surface area contributed by atoms with Gasteiger partial charge in [0.05, 0.1) is 18.8 Å². The lowest BCUT2D eigenvalue weighted by Crippen LogP contribution is -2.65. The molecule has 0 bridgehead atoms. The second-order valence-electron chi connectivity index (χ2n) is 6.70. The molecule has 24 heavy (non-hydrogen) atoms. The number of aliphatic imine (C=N–C) groups is 1. The van der Waals surface area contributed by atoms with Crippen LogP contribution in [0.1, 0.15) is 27.7 Å². The second kappa shape index (κ2) is 7.35. The third kappa shape index (κ3) is 3.96. The van der Waals surface area contributed by atoms with Gasteiger partial charge in [0.25, 0.3) is 5.91 Å². The number of urea groups is 1. The van der Waals surface area contributed by atoms with E-state index in [1.165, 1.54) is 4.90 Å². The summed E-state index contributed by atoms with van der Waals surface area (Å²) in [4.78, 5) is 31.7. The fraction of sp³-hybridized carbons (Fsp3) is 0.800. The average molecular weight is 341 g/mol. The Morgan fingerprint density at radius 3 is 2.58 bits per heavy atom. The molecule has 9 nitrogen and oxygen atoms in total. The van der Waals surface area contributed by atoms with Gasteiger partial charge in [-0.05, 0) is 27.7 Å². The van der Waals surface area contributed by atoms with Gasteiger partial charge in [0.15, 0.2) is 18.2 Å². The number of hydrogen-bond acceptors (Lipinski definition) is 7. The molecule has 0 aromatic carbocycles. The molecule has 0 saturated carbocycles. The molecule has 0 aliphatic carbocycles. The molecule has 0 radical (unpaired) electrons. The number of nitrogens with zero attached hydrogens (tertiary/aromatic N) is 3. The highest BCUT2D eigenvalue weighted by atomic mass is 16.5. The standard InChI is InChI=1S/C15H27N5O4/c1-8(2)16-14-17-12-11(13(22)18-15(23)19(12)5)20(14)6-10(21)7-24-9(3)4/h8-12,21H,6-7H2,1-5H3,(H,16,17)(H,18,22,23). The molecule has 3 atom stereocenters. The zero-order valence-corrected chi connectivity index (χ0v) is 14.8. The van der Waals surface area contributed by atoms with Crippen molar-refractivity contribution in [1.82, 2.24) is 20.4 Å². The Morgan fingerprint density at radius 1 is 1.33 bits per heavy atom. The van der Waals surface area contributed by atoms with Crippen LogP contribution in [0.2, 0.25) is 0 Å². The average Bonchev–Trinajstić information content (AvgIpc) is 2.81. The fourth-order valence-electron chi connectivity index (χ4n) is 2.69. The van der Waals surface area contributed by atoms with Crippen molar-refractivity contribution < 1.29 is 19.4 Å². The van der Waals surface area contributed by atoms with E-state index in [1.807, 2.05) is 27.7 Å². The van der Waals surface area contributed by atoms with E-state index in [0.29, 0.717) is 5.96 Å². The highest BCUT2D eigenvalue weighted by molar-refractivity contribution is 6.03. The lowest BCUT2D eigenvalue weighted by molar-refractivity contribution is -0.127. The number of nitrogens with one attached hydrogen (secondary N) is 2. The van der Waals surface area contributed by atoms with Crippen molar-refractivity contribution in [3.8, 4) is 0 Å². The van der Waals surface area contributed by atoms with E-state index in [0.717, 1.165) is 0 Å². The number of ether oxygens (including phenoxy) is 1. The molecule has 1 fully saturated rings. The maximum atomic E-state index is 12.3. The molecule has 0 aromatic heterocycles. The first-order valence-electron chi connectivity index (χ1n) is 8.19. The van der Waals surface area contributed by atoms with Crippen LogP contribution in [0.4, 0.5) is 4.79 Å². The monoisotopic (exact) mass is 341 g/mol. The summed E-state index contributed by atoms with van der Waals surface area (Å²) in [6.07, 6.45) is -1.37. The summed E-state index contributed by atoms with van der Waals surface area (Å²) in [7, 11) is 1.59. The fourth-order valence-corrected chi connectivity index (χ4v) is 2.69. The number of hydrogen-bond donors (Lipinski definition) is 3. The van der Waals surface area contributed by atoms with Crippen LogP contribution in [0.15, 0.2) is 4.99 Å². The van der Waals surface area contributed by atoms with E-state index >= 15 is 0 Å². The van der Waals surface area contributed by atoms with E-state index in [4.69, 9.17) is 4.74 Å². The minimum atomic E-state index is -0.777. The van der Waals surface area contributed by atoms with Gasteiger partial charge in [-0.1, -0.05) is 0 Å². The van der Waals surface area contributed by atoms with Crippen LogP contribution in [0.5, 0.6) is 0 Å². The van der Waals surface area contributed by atoms with E-state index in [-0.39, 0.29) is 25.3 Å². The van der Waals surface area contributed by atoms with Gasteiger partial charge in [0.1, 0.15) is 0 Å². The molecular formula is C15H27N5O4. The molecule has 1 saturated heterocycles. The summed E-state index contributed by atoms with van der Waals surface area (Å²) >= 11 is 0. The predicted molar refractivity (Wildman–Crippen MR) is 88.4 cm³/mol. The summed E-state index contributed by atoms with van der Waals surface area (Å²) in [6, 6.07) is -1.04. The minimum Gasteiger partial charge on any atom is -0.389 e. The largest absolute Gasteiger partial charge is 0.389 e. The number of β-amino-alcohol motifs (C(OH)–C–C–N with tert-alkyl or cyclic N) is 1. The van der Waals surface area contributed by atoms with Crippen molar-refractivity contribution in [2.45, 2.75) is 58.2 Å². The van der Waals surface area contributed by atoms with E-state index in [1.54, 1.807) is 11.9 Å². The van der Waals surface area contributed by atoms with Crippen molar-refractivity contribution in [1.29, 1.82) is 0 Å². The van der Waals surface area contributed by atoms with Crippen molar-refractivity contribution >= 4 is 17.9 Å². The number of carbonyl (C=O) groups is 2. The molecule has 0 aromatic rings. The van der Waals surface area contributed by atoms with E-state index in [9.17, 15) is 14.7 Å². The van der Waals surface area contributed by atoms with E-state index in [2.05, 4.69) is 15.6 Å². The van der Waals surface area contributed by atoms with Crippen LogP contribution in [-0.4, -0.2) is 83.5 Å². The third-order valence-electron chi connectivity index (χ3n) is 3.81. The molecule has 2 aliphatic rings. The molecule has 2 aliphatic heterocycles. The first-order valence-corrected chi connectivity index (χ1v) is 8.19. The normalized spacial score (nSPS) is 25.1. The van der Waals surface area contributed by atoms with Crippen molar-refractivity contribution in [2.24, 2.45) is 4.99 Å². The molecule has 2 heterocycles.